The molecule has 0 aliphatic rings. The Hall–Kier alpha value is 1.18. The van der Waals surface area contributed by atoms with Crippen molar-refractivity contribution in [2.24, 2.45) is 0 Å². The number of hydrogen-bond acceptors (Lipinski definition) is 1. The predicted octanol–water partition coefficient (Wildman–Crippen LogP) is 0.241. The van der Waals surface area contributed by atoms with Gasteiger partial charge in [0.2, 0.25) is 0 Å². The molecule has 0 saturated heterocycles. The second kappa shape index (κ2) is 10.2. The van der Waals surface area contributed by atoms with Crippen LogP contribution < -0.4 is 0 Å². The van der Waals surface area contributed by atoms with Crippen molar-refractivity contribution in [2.45, 2.75) is 0 Å². The molecule has 36 valence electrons. The fraction of sp³-hybridized carbons (Fsp3) is 0. The van der Waals surface area contributed by atoms with Crippen LogP contribution in [0.2, 0.25) is 0 Å². The first kappa shape index (κ1) is 15.7. The molecule has 0 fully saturated rings. The molecule has 0 N–H and O–H groups in total. The second-order valence-electron chi connectivity index (χ2n) is 0.670. The van der Waals surface area contributed by atoms with Crippen molar-refractivity contribution in [3.63, 3.8) is 0 Å². The van der Waals surface area contributed by atoms with Gasteiger partial charge in [-0.05, 0) is 0 Å². The second-order valence-corrected chi connectivity index (χ2v) is 2.13. The summed E-state index contributed by atoms with van der Waals surface area (Å²) in [5, 5.41) is 0. The van der Waals surface area contributed by atoms with Crippen LogP contribution in [0, 0.1) is 0 Å². The van der Waals surface area contributed by atoms with Crippen LogP contribution in [0.5, 0.6) is 0 Å². The Kier molecular flexibility index (Phi) is 22.9. The van der Waals surface area contributed by atoms with Gasteiger partial charge in [-0.2, -0.15) is 0 Å². The molecule has 0 rings (SSSR count). The van der Waals surface area contributed by atoms with Crippen molar-refractivity contribution in [2.75, 3.05) is 0 Å². The average Bonchev–Trinajstić information content (AvgIpc) is 1.38. The van der Waals surface area contributed by atoms with E-state index in [-0.39, 0.29) is 40.9 Å². The van der Waals surface area contributed by atoms with Crippen molar-refractivity contribution in [1.82, 2.24) is 0 Å². The molecule has 0 amide bonds. The first-order chi connectivity index (χ1) is 2.27. The van der Waals surface area contributed by atoms with E-state index >= 15 is 0 Å². The van der Waals surface area contributed by atoms with E-state index in [4.69, 9.17) is 0 Å². The smallest absolute Gasteiger partial charge is 0 e. The van der Waals surface area contributed by atoms with Gasteiger partial charge in [-0.25, -0.2) is 0 Å². The monoisotopic (exact) mass is 246 g/mol. The van der Waals surface area contributed by atoms with Crippen LogP contribution in [0.3, 0.4) is 0 Å². The summed E-state index contributed by atoms with van der Waals surface area (Å²) < 4.78 is 0.144. The Morgan fingerprint density at radius 2 is 1.86 bits per heavy atom. The van der Waals surface area contributed by atoms with Gasteiger partial charge >= 0.3 is 40.1 Å². The number of allylic oxidation sites excluding steroid dienone is 1. The van der Waals surface area contributed by atoms with Gasteiger partial charge in [-0.15, -0.1) is 0 Å². The third-order valence-electron chi connectivity index (χ3n) is 0.228. The maximum Gasteiger partial charge on any atom is 0 e. The fourth-order valence-corrected chi connectivity index (χ4v) is 0. The SMILES string of the molecule is C=C[C](=O)[Zn].[Cu].[Zn]. The summed E-state index contributed by atoms with van der Waals surface area (Å²) in [4.78, 5) is 9.75. The van der Waals surface area contributed by atoms with E-state index in [9.17, 15) is 4.79 Å². The van der Waals surface area contributed by atoms with Crippen LogP contribution in [0.15, 0.2) is 12.7 Å². The normalized spacial score (nSPS) is 4.86. The summed E-state index contributed by atoms with van der Waals surface area (Å²) in [6.07, 6.45) is 1.33. The zero-order valence-corrected chi connectivity index (χ0v) is 10.8. The molecule has 4 heteroatoms. The van der Waals surface area contributed by atoms with Gasteiger partial charge < -0.3 is 0 Å². The van der Waals surface area contributed by atoms with Crippen LogP contribution in [-0.2, 0) is 59.6 Å². The molecule has 0 bridgehead atoms. The third-order valence-corrected chi connectivity index (χ3v) is 0.833. The summed E-state index contributed by atoms with van der Waals surface area (Å²) in [6, 6.07) is 0. The zero-order valence-electron chi connectivity index (χ0n) is 3.91. The predicted molar refractivity (Wildman–Crippen MR) is 15.2 cm³/mol. The summed E-state index contributed by atoms with van der Waals surface area (Å²) in [5.41, 5.74) is 0. The molecule has 0 saturated carbocycles. The Labute approximate surface area is 76.2 Å². The molecular weight excluding hydrogens is 246 g/mol. The Balaban J connectivity index is -0.0000000800. The van der Waals surface area contributed by atoms with Crippen LogP contribution in [0.25, 0.3) is 0 Å². The molecule has 0 heterocycles. The summed E-state index contributed by atoms with van der Waals surface area (Å²) >= 11 is 0.698. The third kappa shape index (κ3) is 19.1. The van der Waals surface area contributed by atoms with Gasteiger partial charge in [0.05, 0.1) is 0 Å². The van der Waals surface area contributed by atoms with E-state index in [0.717, 1.165) is 0 Å². The summed E-state index contributed by atoms with van der Waals surface area (Å²) in [7, 11) is 0. The fourth-order valence-electron chi connectivity index (χ4n) is 0. The molecule has 7 heavy (non-hydrogen) atoms. The van der Waals surface area contributed by atoms with Gasteiger partial charge in [0.1, 0.15) is 0 Å². The Bertz CT molecular complexity index is 64.0. The van der Waals surface area contributed by atoms with Crippen molar-refractivity contribution < 1.29 is 59.6 Å². The molecular formula is C3H3CuOZn2. The topological polar surface area (TPSA) is 17.1 Å². The number of carbonyl (C=O) groups is 1. The summed E-state index contributed by atoms with van der Waals surface area (Å²) in [5.74, 6) is 0. The molecule has 0 aromatic carbocycles. The van der Waals surface area contributed by atoms with Gasteiger partial charge in [0.25, 0.3) is 0 Å². The molecule has 0 spiro atoms. The zero-order chi connectivity index (χ0) is 4.28. The maximum absolute atomic E-state index is 9.75. The minimum absolute atomic E-state index is 0. The van der Waals surface area contributed by atoms with Gasteiger partial charge in [-0.1, -0.05) is 0 Å². The molecule has 1 nitrogen and oxygen atoms in total. The Morgan fingerprint density at radius 3 is 1.86 bits per heavy atom. The van der Waals surface area contributed by atoms with Crippen molar-refractivity contribution in [3.05, 3.63) is 12.7 Å². The van der Waals surface area contributed by atoms with Crippen molar-refractivity contribution in [1.29, 1.82) is 0 Å². The average molecular weight is 249 g/mol. The van der Waals surface area contributed by atoms with Gasteiger partial charge in [-0.3, -0.25) is 0 Å². The van der Waals surface area contributed by atoms with Crippen molar-refractivity contribution >= 4 is 4.38 Å². The number of hydrogen-bond donors (Lipinski definition) is 0. The Morgan fingerprint density at radius 1 is 1.71 bits per heavy atom. The van der Waals surface area contributed by atoms with Crippen LogP contribution in [0.1, 0.15) is 0 Å². The first-order valence-corrected chi connectivity index (χ1v) is 2.74. The van der Waals surface area contributed by atoms with Gasteiger partial charge in [0.15, 0.2) is 0 Å². The number of rotatable bonds is 1. The van der Waals surface area contributed by atoms with Crippen LogP contribution >= 0.6 is 0 Å². The quantitative estimate of drug-likeness (QED) is 0.481. The van der Waals surface area contributed by atoms with Crippen molar-refractivity contribution in [3.8, 4) is 0 Å². The maximum atomic E-state index is 9.75. The largest absolute Gasteiger partial charge is 0 e. The van der Waals surface area contributed by atoms with E-state index in [2.05, 4.69) is 6.58 Å². The molecule has 1 radical (unpaired) electrons. The molecule has 0 atom stereocenters. The standard InChI is InChI=1S/C3H3O.Cu.2Zn/c1-2-3-4;;;/h2H,1H2;;;. The van der Waals surface area contributed by atoms with Crippen LogP contribution in [-0.4, -0.2) is 4.38 Å². The first-order valence-electron chi connectivity index (χ1n) is 1.25. The minimum Gasteiger partial charge on any atom is 0 e. The molecule has 0 unspecified atom stereocenters. The van der Waals surface area contributed by atoms with Gasteiger partial charge in [0, 0.05) is 36.5 Å². The number of carbonyl (C=O) groups excluding carboxylic acids is 1. The summed E-state index contributed by atoms with van der Waals surface area (Å²) in [6.45, 7) is 3.24. The van der Waals surface area contributed by atoms with E-state index in [1.54, 1.807) is 0 Å². The molecule has 0 aromatic heterocycles. The van der Waals surface area contributed by atoms with E-state index < -0.39 is 0 Å². The molecule has 0 aliphatic heterocycles. The molecule has 0 aliphatic carbocycles. The van der Waals surface area contributed by atoms with E-state index in [1.807, 2.05) is 0 Å². The van der Waals surface area contributed by atoms with E-state index in [0.29, 0.717) is 18.3 Å². The molecule has 0 aromatic rings. The van der Waals surface area contributed by atoms with Crippen LogP contribution in [0.4, 0.5) is 0 Å². The minimum atomic E-state index is 0. The van der Waals surface area contributed by atoms with E-state index in [1.165, 1.54) is 6.08 Å².